The Morgan fingerprint density at radius 2 is 2.03 bits per heavy atom. The molecule has 1 N–H and O–H groups in total. The Labute approximate surface area is 174 Å². The monoisotopic (exact) mass is 414 g/mol. The fourth-order valence-corrected chi connectivity index (χ4v) is 4.69. The van der Waals surface area contributed by atoms with Crippen LogP contribution in [0, 0.1) is 0 Å². The zero-order valence-electron chi connectivity index (χ0n) is 16.6. The quantitative estimate of drug-likeness (QED) is 0.742. The molecular formula is C20H26N6O2S. The molecule has 2 amide bonds. The molecule has 0 spiro atoms. The van der Waals surface area contributed by atoms with Gasteiger partial charge in [-0.15, -0.1) is 10.2 Å². The van der Waals surface area contributed by atoms with E-state index in [4.69, 9.17) is 0 Å². The van der Waals surface area contributed by atoms with Crippen LogP contribution in [0.5, 0.6) is 0 Å². The van der Waals surface area contributed by atoms with E-state index < -0.39 is 0 Å². The molecule has 0 radical (unpaired) electrons. The molecule has 29 heavy (non-hydrogen) atoms. The summed E-state index contributed by atoms with van der Waals surface area (Å²) in [6.45, 7) is 3.32. The first kappa shape index (κ1) is 19.6. The van der Waals surface area contributed by atoms with Crippen molar-refractivity contribution in [2.24, 2.45) is 0 Å². The van der Waals surface area contributed by atoms with Crippen molar-refractivity contribution in [1.29, 1.82) is 0 Å². The number of nitrogens with one attached hydrogen (secondary N) is 1. The Morgan fingerprint density at radius 1 is 1.21 bits per heavy atom. The molecule has 2 aromatic rings. The molecule has 1 fully saturated rings. The molecule has 9 heteroatoms. The lowest BCUT2D eigenvalue weighted by atomic mass is 10.0. The summed E-state index contributed by atoms with van der Waals surface area (Å²) in [6, 6.07) is 8.48. The maximum atomic E-state index is 12.3. The third kappa shape index (κ3) is 4.50. The first-order valence-corrected chi connectivity index (χ1v) is 10.9. The summed E-state index contributed by atoms with van der Waals surface area (Å²) in [5, 5.41) is 12.5. The highest BCUT2D eigenvalue weighted by molar-refractivity contribution is 7.19. The number of amides is 2. The zero-order chi connectivity index (χ0) is 20.2. The van der Waals surface area contributed by atoms with Crippen LogP contribution in [0.15, 0.2) is 24.3 Å². The maximum Gasteiger partial charge on any atom is 0.239 e. The summed E-state index contributed by atoms with van der Waals surface area (Å²) in [5.41, 5.74) is 2.66. The van der Waals surface area contributed by atoms with Gasteiger partial charge in [-0.05, 0) is 30.9 Å². The Bertz CT molecular complexity index is 885. The van der Waals surface area contributed by atoms with Crippen molar-refractivity contribution in [3.63, 3.8) is 0 Å². The van der Waals surface area contributed by atoms with Gasteiger partial charge in [0.05, 0.1) is 6.54 Å². The van der Waals surface area contributed by atoms with E-state index in [-0.39, 0.29) is 18.4 Å². The Balaban J connectivity index is 1.25. The third-order valence-electron chi connectivity index (χ3n) is 5.33. The van der Waals surface area contributed by atoms with Crippen molar-refractivity contribution in [2.45, 2.75) is 25.7 Å². The average molecular weight is 415 g/mol. The Kier molecular flexibility index (Phi) is 5.94. The minimum absolute atomic E-state index is 0.0493. The van der Waals surface area contributed by atoms with E-state index >= 15 is 0 Å². The van der Waals surface area contributed by atoms with Crippen LogP contribution in [0.25, 0.3) is 0 Å². The van der Waals surface area contributed by atoms with Gasteiger partial charge in [-0.3, -0.25) is 14.5 Å². The number of para-hydroxylation sites is 1. The number of aromatic nitrogens is 2. The summed E-state index contributed by atoms with van der Waals surface area (Å²) in [7, 11) is 1.82. The van der Waals surface area contributed by atoms with Gasteiger partial charge in [0.25, 0.3) is 0 Å². The first-order chi connectivity index (χ1) is 14.1. The van der Waals surface area contributed by atoms with Gasteiger partial charge in [0.15, 0.2) is 0 Å². The maximum absolute atomic E-state index is 12.3. The van der Waals surface area contributed by atoms with E-state index in [0.29, 0.717) is 29.8 Å². The molecule has 1 aromatic carbocycles. The summed E-state index contributed by atoms with van der Waals surface area (Å²) in [6.07, 6.45) is 3.69. The molecule has 3 heterocycles. The van der Waals surface area contributed by atoms with E-state index in [1.807, 2.05) is 7.05 Å². The summed E-state index contributed by atoms with van der Waals surface area (Å²) < 4.78 is 0. The molecule has 4 rings (SSSR count). The molecule has 154 valence electrons. The lowest BCUT2D eigenvalue weighted by Gasteiger charge is -2.31. The van der Waals surface area contributed by atoms with E-state index in [2.05, 4.69) is 44.7 Å². The zero-order valence-corrected chi connectivity index (χ0v) is 17.5. The van der Waals surface area contributed by atoms with Crippen LogP contribution in [0.1, 0.15) is 24.8 Å². The number of hydrogen-bond acceptors (Lipinski definition) is 7. The lowest BCUT2D eigenvalue weighted by molar-refractivity contribution is -0.119. The molecule has 0 bridgehead atoms. The normalized spacial score (nSPS) is 16.1. The molecule has 0 aliphatic carbocycles. The summed E-state index contributed by atoms with van der Waals surface area (Å²) in [4.78, 5) is 30.0. The van der Waals surface area contributed by atoms with E-state index in [1.54, 1.807) is 9.80 Å². The van der Waals surface area contributed by atoms with Gasteiger partial charge in [0.1, 0.15) is 0 Å². The van der Waals surface area contributed by atoms with Crippen LogP contribution in [0.3, 0.4) is 0 Å². The summed E-state index contributed by atoms with van der Waals surface area (Å²) >= 11 is 1.34. The van der Waals surface area contributed by atoms with Gasteiger partial charge in [0, 0.05) is 45.3 Å². The fourth-order valence-electron chi connectivity index (χ4n) is 3.83. The second kappa shape index (κ2) is 8.77. The second-order valence-corrected chi connectivity index (χ2v) is 8.38. The fraction of sp³-hybridized carbons (Fsp3) is 0.500. The van der Waals surface area contributed by atoms with Crippen LogP contribution >= 0.6 is 11.3 Å². The summed E-state index contributed by atoms with van der Waals surface area (Å²) in [5.74, 6) is 0.0409. The second-order valence-electron chi connectivity index (χ2n) is 7.44. The van der Waals surface area contributed by atoms with Gasteiger partial charge in [0.2, 0.25) is 22.1 Å². The number of anilines is 3. The Hall–Kier alpha value is -2.68. The van der Waals surface area contributed by atoms with Crippen molar-refractivity contribution in [3.8, 4) is 0 Å². The molecule has 0 saturated carbocycles. The minimum Gasteiger partial charge on any atom is -0.370 e. The van der Waals surface area contributed by atoms with Crippen LogP contribution < -0.4 is 20.0 Å². The minimum atomic E-state index is -0.0493. The highest BCUT2D eigenvalue weighted by Gasteiger charge is 2.25. The van der Waals surface area contributed by atoms with E-state index in [1.165, 1.54) is 22.6 Å². The van der Waals surface area contributed by atoms with Crippen LogP contribution in [0.4, 0.5) is 16.0 Å². The van der Waals surface area contributed by atoms with Crippen molar-refractivity contribution in [1.82, 2.24) is 15.5 Å². The highest BCUT2D eigenvalue weighted by Crippen LogP contribution is 2.29. The van der Waals surface area contributed by atoms with Gasteiger partial charge < -0.3 is 15.1 Å². The molecule has 0 atom stereocenters. The standard InChI is InChI=1S/C20H26N6O2S/c1-24(19-22-23-20(29-19)26-12-5-9-18(26)28)14-17(27)21-10-13-25-11-4-7-15-6-2-3-8-16(15)25/h2-3,6,8H,4-5,7,9-14H2,1H3,(H,21,27). The van der Waals surface area contributed by atoms with Gasteiger partial charge in [-0.1, -0.05) is 29.5 Å². The molecule has 2 aliphatic rings. The van der Waals surface area contributed by atoms with E-state index in [9.17, 15) is 9.59 Å². The molecule has 1 saturated heterocycles. The number of rotatable bonds is 7. The number of carbonyl (C=O) groups is 2. The van der Waals surface area contributed by atoms with E-state index in [0.717, 1.165) is 32.4 Å². The number of fused-ring (bicyclic) bond motifs is 1. The van der Waals surface area contributed by atoms with Gasteiger partial charge in [-0.25, -0.2) is 0 Å². The number of hydrogen-bond donors (Lipinski definition) is 1. The Morgan fingerprint density at radius 3 is 2.86 bits per heavy atom. The predicted molar refractivity (Wildman–Crippen MR) is 115 cm³/mol. The lowest BCUT2D eigenvalue weighted by Crippen LogP contribution is -2.41. The highest BCUT2D eigenvalue weighted by atomic mass is 32.1. The van der Waals surface area contributed by atoms with Crippen molar-refractivity contribution in [2.75, 3.05) is 54.5 Å². The van der Waals surface area contributed by atoms with Crippen LogP contribution in [-0.4, -0.2) is 61.8 Å². The molecular weight excluding hydrogens is 388 g/mol. The van der Waals surface area contributed by atoms with Gasteiger partial charge in [-0.2, -0.15) is 0 Å². The number of nitrogens with zero attached hydrogens (tertiary/aromatic N) is 5. The van der Waals surface area contributed by atoms with Crippen LogP contribution in [0.2, 0.25) is 0 Å². The van der Waals surface area contributed by atoms with Crippen molar-refractivity contribution >= 4 is 39.1 Å². The molecule has 2 aliphatic heterocycles. The third-order valence-corrected chi connectivity index (χ3v) is 6.39. The predicted octanol–water partition coefficient (Wildman–Crippen LogP) is 1.67. The smallest absolute Gasteiger partial charge is 0.239 e. The van der Waals surface area contributed by atoms with Crippen molar-refractivity contribution < 1.29 is 9.59 Å². The molecule has 0 unspecified atom stereocenters. The number of benzene rings is 1. The molecule has 8 nitrogen and oxygen atoms in total. The number of likely N-dealkylation sites (N-methyl/N-ethyl adjacent to an activating group) is 1. The van der Waals surface area contributed by atoms with Crippen molar-refractivity contribution in [3.05, 3.63) is 29.8 Å². The average Bonchev–Trinajstić information content (AvgIpc) is 3.37. The number of carbonyl (C=O) groups excluding carboxylic acids is 2. The first-order valence-electron chi connectivity index (χ1n) is 10.1. The largest absolute Gasteiger partial charge is 0.370 e. The van der Waals surface area contributed by atoms with Crippen LogP contribution in [-0.2, 0) is 16.0 Å². The topological polar surface area (TPSA) is 81.7 Å². The van der Waals surface area contributed by atoms with Gasteiger partial charge >= 0.3 is 0 Å². The SMILES string of the molecule is CN(CC(=O)NCCN1CCCc2ccccc21)c1nnc(N2CCCC2=O)s1. The number of aryl methyl sites for hydroxylation is 1. The molecule has 1 aromatic heterocycles.